The number of ether oxygens (including phenoxy) is 1. The molecule has 30 heavy (non-hydrogen) atoms. The van der Waals surface area contributed by atoms with Gasteiger partial charge in [-0.15, -0.1) is 0 Å². The van der Waals surface area contributed by atoms with Crippen molar-refractivity contribution in [2.45, 2.75) is 52.0 Å². The Morgan fingerprint density at radius 1 is 1.07 bits per heavy atom. The van der Waals surface area contributed by atoms with E-state index < -0.39 is 0 Å². The van der Waals surface area contributed by atoms with Crippen molar-refractivity contribution in [1.29, 1.82) is 0 Å². The fourth-order valence-corrected chi connectivity index (χ4v) is 4.00. The maximum absolute atomic E-state index is 12.8. The van der Waals surface area contributed by atoms with Crippen LogP contribution in [0.15, 0.2) is 46.9 Å². The van der Waals surface area contributed by atoms with Crippen molar-refractivity contribution in [3.63, 3.8) is 0 Å². The van der Waals surface area contributed by atoms with Crippen molar-refractivity contribution in [1.82, 2.24) is 5.32 Å². The lowest BCUT2D eigenvalue weighted by atomic mass is 9.95. The van der Waals surface area contributed by atoms with Crippen molar-refractivity contribution >= 4 is 33.4 Å². The van der Waals surface area contributed by atoms with E-state index in [0.717, 1.165) is 30.2 Å². The largest absolute Gasteiger partial charge is 0.492 e. The molecule has 1 aliphatic rings. The molecule has 0 unspecified atom stereocenters. The second-order valence-electron chi connectivity index (χ2n) is 8.16. The highest BCUT2D eigenvalue weighted by atomic mass is 79.9. The molecule has 0 radical (unpaired) electrons. The molecule has 1 saturated carbocycles. The smallest absolute Gasteiger partial charge is 0.255 e. The normalized spacial score (nSPS) is 14.4. The maximum Gasteiger partial charge on any atom is 0.255 e. The first-order valence-corrected chi connectivity index (χ1v) is 11.4. The highest BCUT2D eigenvalue weighted by molar-refractivity contribution is 9.10. The minimum absolute atomic E-state index is 0.142. The minimum atomic E-state index is -0.274. The van der Waals surface area contributed by atoms with Gasteiger partial charge in [0.2, 0.25) is 0 Å². The summed E-state index contributed by atoms with van der Waals surface area (Å²) in [7, 11) is 0. The molecule has 2 aromatic carbocycles. The second kappa shape index (κ2) is 10.6. The Morgan fingerprint density at radius 2 is 1.80 bits per heavy atom. The lowest BCUT2D eigenvalue weighted by Crippen LogP contribution is -2.36. The Hall–Kier alpha value is -2.34. The molecule has 160 valence electrons. The van der Waals surface area contributed by atoms with Crippen molar-refractivity contribution in [3.8, 4) is 5.75 Å². The van der Waals surface area contributed by atoms with Crippen molar-refractivity contribution in [2.24, 2.45) is 5.92 Å². The average molecular weight is 473 g/mol. The fraction of sp³-hybridized carbons (Fsp3) is 0.417. The van der Waals surface area contributed by atoms with Gasteiger partial charge < -0.3 is 15.4 Å². The van der Waals surface area contributed by atoms with E-state index in [1.807, 2.05) is 12.1 Å². The lowest BCUT2D eigenvalue weighted by Gasteiger charge is -2.23. The SMILES string of the molecule is CC(C)COc1ccc(C(=O)Nc2ccccc2C(=O)NC2CCCCC2)cc1Br. The number of para-hydroxylation sites is 1. The zero-order valence-corrected chi connectivity index (χ0v) is 19.1. The van der Waals surface area contributed by atoms with E-state index in [1.165, 1.54) is 6.42 Å². The lowest BCUT2D eigenvalue weighted by molar-refractivity contribution is 0.0928. The van der Waals surface area contributed by atoms with Crippen LogP contribution in [0.25, 0.3) is 0 Å². The molecule has 0 aliphatic heterocycles. The van der Waals surface area contributed by atoms with Gasteiger partial charge in [0.1, 0.15) is 5.75 Å². The van der Waals surface area contributed by atoms with Gasteiger partial charge in [-0.2, -0.15) is 0 Å². The molecule has 6 heteroatoms. The number of amides is 2. The van der Waals surface area contributed by atoms with Gasteiger partial charge in [-0.25, -0.2) is 0 Å². The summed E-state index contributed by atoms with van der Waals surface area (Å²) >= 11 is 3.47. The number of benzene rings is 2. The summed E-state index contributed by atoms with van der Waals surface area (Å²) in [6, 6.07) is 12.6. The fourth-order valence-electron chi connectivity index (χ4n) is 3.51. The Kier molecular flexibility index (Phi) is 7.91. The second-order valence-corrected chi connectivity index (χ2v) is 9.01. The van der Waals surface area contributed by atoms with Gasteiger partial charge in [-0.1, -0.05) is 45.2 Å². The van der Waals surface area contributed by atoms with Gasteiger partial charge >= 0.3 is 0 Å². The quantitative estimate of drug-likeness (QED) is 0.534. The summed E-state index contributed by atoms with van der Waals surface area (Å²) in [5.41, 5.74) is 1.47. The number of rotatable bonds is 7. The third kappa shape index (κ3) is 6.08. The average Bonchev–Trinajstić information content (AvgIpc) is 2.73. The molecule has 2 N–H and O–H groups in total. The van der Waals surface area contributed by atoms with Crippen LogP contribution in [-0.2, 0) is 0 Å². The van der Waals surface area contributed by atoms with Crippen molar-refractivity contribution in [3.05, 3.63) is 58.1 Å². The summed E-state index contributed by atoms with van der Waals surface area (Å²) < 4.78 is 6.46. The Labute approximate surface area is 186 Å². The Morgan fingerprint density at radius 3 is 2.50 bits per heavy atom. The van der Waals surface area contributed by atoms with E-state index >= 15 is 0 Å². The molecule has 0 atom stereocenters. The molecule has 1 fully saturated rings. The number of halogens is 1. The number of hydrogen-bond donors (Lipinski definition) is 2. The summed E-state index contributed by atoms with van der Waals surface area (Å²) in [5, 5.41) is 5.99. The van der Waals surface area contributed by atoms with Crippen LogP contribution in [0.5, 0.6) is 5.75 Å². The van der Waals surface area contributed by atoms with Crippen LogP contribution in [-0.4, -0.2) is 24.5 Å². The summed E-state index contributed by atoms with van der Waals surface area (Å²) in [6.07, 6.45) is 5.55. The van der Waals surface area contributed by atoms with Crippen LogP contribution < -0.4 is 15.4 Å². The van der Waals surface area contributed by atoms with Gasteiger partial charge in [-0.05, 0) is 65.0 Å². The molecule has 3 rings (SSSR count). The number of nitrogens with one attached hydrogen (secondary N) is 2. The van der Waals surface area contributed by atoms with E-state index in [-0.39, 0.29) is 17.9 Å². The molecule has 0 aromatic heterocycles. The maximum atomic E-state index is 12.8. The van der Waals surface area contributed by atoms with Crippen LogP contribution in [0.4, 0.5) is 5.69 Å². The molecule has 5 nitrogen and oxygen atoms in total. The van der Waals surface area contributed by atoms with E-state index in [4.69, 9.17) is 4.74 Å². The topological polar surface area (TPSA) is 67.4 Å². The third-order valence-corrected chi connectivity index (χ3v) is 5.75. The first-order valence-electron chi connectivity index (χ1n) is 10.6. The molecule has 0 spiro atoms. The molecule has 0 heterocycles. The number of carbonyl (C=O) groups is 2. The highest BCUT2D eigenvalue weighted by Gasteiger charge is 2.19. The number of anilines is 1. The monoisotopic (exact) mass is 472 g/mol. The van der Waals surface area contributed by atoms with Crippen LogP contribution in [0.2, 0.25) is 0 Å². The van der Waals surface area contributed by atoms with Crippen molar-refractivity contribution in [2.75, 3.05) is 11.9 Å². The molecular weight excluding hydrogens is 444 g/mol. The molecule has 0 saturated heterocycles. The van der Waals surface area contributed by atoms with E-state index in [1.54, 1.807) is 30.3 Å². The summed E-state index contributed by atoms with van der Waals surface area (Å²) in [6.45, 7) is 4.77. The number of carbonyl (C=O) groups excluding carboxylic acids is 2. The van der Waals surface area contributed by atoms with Gasteiger partial charge in [0.05, 0.1) is 22.3 Å². The van der Waals surface area contributed by atoms with Crippen LogP contribution >= 0.6 is 15.9 Å². The van der Waals surface area contributed by atoms with Crippen LogP contribution in [0.1, 0.15) is 66.7 Å². The molecule has 2 amide bonds. The molecule has 0 bridgehead atoms. The van der Waals surface area contributed by atoms with Gasteiger partial charge in [0.25, 0.3) is 11.8 Å². The third-order valence-electron chi connectivity index (χ3n) is 5.13. The standard InChI is InChI=1S/C24H29BrN2O3/c1-16(2)15-30-22-13-12-17(14-20(22)25)23(28)27-21-11-7-6-10-19(21)24(29)26-18-8-4-3-5-9-18/h6-7,10-14,16,18H,3-5,8-9,15H2,1-2H3,(H,26,29)(H,27,28). The van der Waals surface area contributed by atoms with Gasteiger partial charge in [0, 0.05) is 11.6 Å². The predicted molar refractivity (Wildman–Crippen MR) is 123 cm³/mol. The van der Waals surface area contributed by atoms with Crippen LogP contribution in [0.3, 0.4) is 0 Å². The Bertz CT molecular complexity index is 892. The minimum Gasteiger partial charge on any atom is -0.492 e. The first kappa shape index (κ1) is 22.3. The van der Waals surface area contributed by atoms with Gasteiger partial charge in [-0.3, -0.25) is 9.59 Å². The Balaban J connectivity index is 1.69. The molecular formula is C24H29BrN2O3. The molecule has 1 aliphatic carbocycles. The van der Waals surface area contributed by atoms with E-state index in [9.17, 15) is 9.59 Å². The van der Waals surface area contributed by atoms with E-state index in [0.29, 0.717) is 35.1 Å². The summed E-state index contributed by atoms with van der Waals surface area (Å²) in [5.74, 6) is 0.698. The van der Waals surface area contributed by atoms with Crippen LogP contribution in [0, 0.1) is 5.92 Å². The number of hydrogen-bond acceptors (Lipinski definition) is 3. The molecule has 2 aromatic rings. The predicted octanol–water partition coefficient (Wildman–Crippen LogP) is 5.80. The van der Waals surface area contributed by atoms with Crippen molar-refractivity contribution < 1.29 is 14.3 Å². The van der Waals surface area contributed by atoms with Gasteiger partial charge in [0.15, 0.2) is 0 Å². The first-order chi connectivity index (χ1) is 14.4. The highest BCUT2D eigenvalue weighted by Crippen LogP contribution is 2.27. The summed E-state index contributed by atoms with van der Waals surface area (Å²) in [4.78, 5) is 25.6. The van der Waals surface area contributed by atoms with E-state index in [2.05, 4.69) is 40.4 Å². The zero-order chi connectivity index (χ0) is 21.5. The zero-order valence-electron chi connectivity index (χ0n) is 17.5.